The Hall–Kier alpha value is -1.36. The van der Waals surface area contributed by atoms with Crippen LogP contribution in [0.2, 0.25) is 0 Å². The highest BCUT2D eigenvalue weighted by Crippen LogP contribution is 2.37. The first kappa shape index (κ1) is 11.1. The van der Waals surface area contributed by atoms with Crippen molar-refractivity contribution in [2.75, 3.05) is 12.0 Å². The van der Waals surface area contributed by atoms with Crippen LogP contribution in [0.25, 0.3) is 0 Å². The Bertz CT molecular complexity index is 443. The number of ether oxygens (including phenoxy) is 1. The van der Waals surface area contributed by atoms with Crippen molar-refractivity contribution >= 4 is 33.4 Å². The number of halogens is 1. The molecule has 1 aromatic carbocycles. The fraction of sp³-hybridized carbons (Fsp3) is 0.273. The molecule has 0 unspecified atom stereocenters. The van der Waals surface area contributed by atoms with E-state index < -0.39 is 0 Å². The smallest absolute Gasteiger partial charge is 0.234 e. The number of benzene rings is 1. The molecule has 1 aromatic rings. The molecule has 0 saturated carbocycles. The fourth-order valence-electron chi connectivity index (χ4n) is 1.72. The van der Waals surface area contributed by atoms with Crippen molar-refractivity contribution in [2.45, 2.75) is 12.8 Å². The monoisotopic (exact) mass is 283 g/mol. The molecule has 16 heavy (non-hydrogen) atoms. The summed E-state index contributed by atoms with van der Waals surface area (Å²) in [5.74, 6) is 0.147. The van der Waals surface area contributed by atoms with Crippen molar-refractivity contribution in [3.05, 3.63) is 22.7 Å². The van der Waals surface area contributed by atoms with Crippen LogP contribution in [0.4, 0.5) is 5.69 Å². The predicted octanol–water partition coefficient (Wildman–Crippen LogP) is 2.11. The number of imide groups is 1. The summed E-state index contributed by atoms with van der Waals surface area (Å²) in [6, 6.07) is 5.26. The third kappa shape index (κ3) is 1.71. The van der Waals surface area contributed by atoms with Gasteiger partial charge in [-0.1, -0.05) is 6.07 Å². The molecule has 5 heteroatoms. The minimum Gasteiger partial charge on any atom is -0.493 e. The molecule has 4 nitrogen and oxygen atoms in total. The zero-order valence-electron chi connectivity index (χ0n) is 8.70. The Kier molecular flexibility index (Phi) is 2.96. The third-order valence-corrected chi connectivity index (χ3v) is 3.07. The average molecular weight is 284 g/mol. The summed E-state index contributed by atoms with van der Waals surface area (Å²) < 4.78 is 5.91. The number of carbonyl (C=O) groups is 2. The molecule has 0 spiro atoms. The van der Waals surface area contributed by atoms with Gasteiger partial charge < -0.3 is 4.74 Å². The van der Waals surface area contributed by atoms with Gasteiger partial charge >= 0.3 is 0 Å². The van der Waals surface area contributed by atoms with Gasteiger partial charge in [0, 0.05) is 12.8 Å². The van der Waals surface area contributed by atoms with E-state index in [0.717, 1.165) is 4.47 Å². The van der Waals surface area contributed by atoms with E-state index in [1.807, 2.05) is 0 Å². The number of nitrogens with zero attached hydrogens (tertiary/aromatic N) is 1. The molecule has 1 heterocycles. The van der Waals surface area contributed by atoms with Crippen molar-refractivity contribution in [1.82, 2.24) is 0 Å². The van der Waals surface area contributed by atoms with Crippen molar-refractivity contribution in [2.24, 2.45) is 0 Å². The van der Waals surface area contributed by atoms with Crippen molar-refractivity contribution < 1.29 is 14.3 Å². The van der Waals surface area contributed by atoms with Crippen LogP contribution < -0.4 is 9.64 Å². The van der Waals surface area contributed by atoms with Crippen LogP contribution >= 0.6 is 15.9 Å². The van der Waals surface area contributed by atoms with Crippen LogP contribution in [0.5, 0.6) is 5.75 Å². The predicted molar refractivity (Wildman–Crippen MR) is 62.4 cm³/mol. The molecule has 2 rings (SSSR count). The molecule has 1 fully saturated rings. The standard InChI is InChI=1S/C11H10BrNO3/c1-16-11-7(12)3-2-4-8(11)13-9(14)5-6-10(13)15/h2-4H,5-6H2,1H3. The zero-order chi connectivity index (χ0) is 11.7. The van der Waals surface area contributed by atoms with Gasteiger partial charge in [0.05, 0.1) is 17.3 Å². The lowest BCUT2D eigenvalue weighted by atomic mass is 10.2. The number of carbonyl (C=O) groups excluding carboxylic acids is 2. The largest absolute Gasteiger partial charge is 0.493 e. The van der Waals surface area contributed by atoms with Gasteiger partial charge in [-0.3, -0.25) is 9.59 Å². The number of rotatable bonds is 2. The molecule has 2 amide bonds. The maximum atomic E-state index is 11.6. The molecule has 0 N–H and O–H groups in total. The zero-order valence-corrected chi connectivity index (χ0v) is 10.3. The van der Waals surface area contributed by atoms with Gasteiger partial charge in [-0.05, 0) is 28.1 Å². The summed E-state index contributed by atoms with van der Waals surface area (Å²) in [7, 11) is 1.51. The van der Waals surface area contributed by atoms with E-state index in [1.165, 1.54) is 12.0 Å². The van der Waals surface area contributed by atoms with E-state index in [-0.39, 0.29) is 24.7 Å². The highest BCUT2D eigenvalue weighted by molar-refractivity contribution is 9.10. The fourth-order valence-corrected chi connectivity index (χ4v) is 2.24. The first-order valence-electron chi connectivity index (χ1n) is 4.83. The van der Waals surface area contributed by atoms with Crippen LogP contribution in [0.1, 0.15) is 12.8 Å². The van der Waals surface area contributed by atoms with Crippen LogP contribution in [-0.4, -0.2) is 18.9 Å². The Morgan fingerprint density at radius 3 is 2.44 bits per heavy atom. The molecular weight excluding hydrogens is 274 g/mol. The lowest BCUT2D eigenvalue weighted by molar-refractivity contribution is -0.121. The minimum absolute atomic E-state index is 0.179. The topological polar surface area (TPSA) is 46.6 Å². The van der Waals surface area contributed by atoms with Crippen LogP contribution in [0.3, 0.4) is 0 Å². The number of anilines is 1. The molecule has 0 bridgehead atoms. The van der Waals surface area contributed by atoms with E-state index in [2.05, 4.69) is 15.9 Å². The SMILES string of the molecule is COc1c(Br)cccc1N1C(=O)CCC1=O. The second kappa shape index (κ2) is 4.25. The van der Waals surface area contributed by atoms with Gasteiger partial charge in [-0.15, -0.1) is 0 Å². The van der Waals surface area contributed by atoms with Gasteiger partial charge in [0.2, 0.25) is 11.8 Å². The number of hydrogen-bond acceptors (Lipinski definition) is 3. The Labute approximate surface area is 101 Å². The quantitative estimate of drug-likeness (QED) is 0.781. The second-order valence-electron chi connectivity index (χ2n) is 3.42. The molecule has 0 aliphatic carbocycles. The summed E-state index contributed by atoms with van der Waals surface area (Å²) >= 11 is 3.32. The summed E-state index contributed by atoms with van der Waals surface area (Å²) in [5.41, 5.74) is 0.504. The lowest BCUT2D eigenvalue weighted by Gasteiger charge is -2.17. The van der Waals surface area contributed by atoms with E-state index in [1.54, 1.807) is 18.2 Å². The summed E-state index contributed by atoms with van der Waals surface area (Å²) in [4.78, 5) is 24.4. The Morgan fingerprint density at radius 2 is 1.88 bits per heavy atom. The van der Waals surface area contributed by atoms with Crippen molar-refractivity contribution in [3.63, 3.8) is 0 Å². The summed E-state index contributed by atoms with van der Waals surface area (Å²) in [6.45, 7) is 0. The van der Waals surface area contributed by atoms with E-state index in [9.17, 15) is 9.59 Å². The van der Waals surface area contributed by atoms with Crippen LogP contribution in [0.15, 0.2) is 22.7 Å². The van der Waals surface area contributed by atoms with E-state index in [0.29, 0.717) is 11.4 Å². The summed E-state index contributed by atoms with van der Waals surface area (Å²) in [6.07, 6.45) is 0.545. The maximum absolute atomic E-state index is 11.6. The normalized spacial score (nSPS) is 15.8. The van der Waals surface area contributed by atoms with Gasteiger partial charge in [-0.25, -0.2) is 4.90 Å². The first-order valence-corrected chi connectivity index (χ1v) is 5.62. The minimum atomic E-state index is -0.179. The van der Waals surface area contributed by atoms with Gasteiger partial charge in [-0.2, -0.15) is 0 Å². The van der Waals surface area contributed by atoms with Crippen LogP contribution in [0, 0.1) is 0 Å². The Balaban J connectivity index is 2.51. The molecule has 1 aliphatic heterocycles. The highest BCUT2D eigenvalue weighted by atomic mass is 79.9. The van der Waals surface area contributed by atoms with E-state index >= 15 is 0 Å². The lowest BCUT2D eigenvalue weighted by Crippen LogP contribution is -2.28. The molecule has 1 saturated heterocycles. The highest BCUT2D eigenvalue weighted by Gasteiger charge is 2.32. The number of methoxy groups -OCH3 is 1. The Morgan fingerprint density at radius 1 is 1.25 bits per heavy atom. The number of para-hydroxylation sites is 1. The van der Waals surface area contributed by atoms with Crippen molar-refractivity contribution in [3.8, 4) is 5.75 Å². The number of amides is 2. The van der Waals surface area contributed by atoms with Crippen molar-refractivity contribution in [1.29, 1.82) is 0 Å². The molecular formula is C11H10BrNO3. The molecule has 0 aromatic heterocycles. The molecule has 0 radical (unpaired) electrons. The average Bonchev–Trinajstić information content (AvgIpc) is 2.58. The van der Waals surface area contributed by atoms with Gasteiger partial charge in [0.25, 0.3) is 0 Å². The second-order valence-corrected chi connectivity index (χ2v) is 4.27. The number of hydrogen-bond donors (Lipinski definition) is 0. The van der Waals surface area contributed by atoms with Gasteiger partial charge in [0.15, 0.2) is 5.75 Å². The molecule has 1 aliphatic rings. The molecule has 84 valence electrons. The maximum Gasteiger partial charge on any atom is 0.234 e. The van der Waals surface area contributed by atoms with E-state index in [4.69, 9.17) is 4.74 Å². The summed E-state index contributed by atoms with van der Waals surface area (Å²) in [5, 5.41) is 0. The van der Waals surface area contributed by atoms with Crippen LogP contribution in [-0.2, 0) is 9.59 Å². The van der Waals surface area contributed by atoms with Gasteiger partial charge in [0.1, 0.15) is 0 Å². The first-order chi connectivity index (χ1) is 7.65. The molecule has 0 atom stereocenters. The third-order valence-electron chi connectivity index (χ3n) is 2.44.